The van der Waals surface area contributed by atoms with E-state index in [0.29, 0.717) is 12.1 Å². The number of carbonyl (C=O) groups excluding carboxylic acids is 1. The van der Waals surface area contributed by atoms with E-state index in [1.165, 1.54) is 4.90 Å². The third-order valence-corrected chi connectivity index (χ3v) is 2.79. The molecule has 6 heteroatoms. The third kappa shape index (κ3) is 2.01. The predicted octanol–water partition coefficient (Wildman–Crippen LogP) is -0.0501. The Labute approximate surface area is 99.8 Å². The maximum Gasteiger partial charge on any atom is 0.275 e. The molecule has 2 heterocycles. The lowest BCUT2D eigenvalue weighted by atomic mass is 10.2. The molecular weight excluding hydrogens is 218 g/mol. The lowest BCUT2D eigenvalue weighted by Gasteiger charge is -2.07. The van der Waals surface area contributed by atoms with Crippen molar-refractivity contribution in [2.45, 2.75) is 19.5 Å². The molecule has 0 radical (unpaired) electrons. The van der Waals surface area contributed by atoms with Crippen molar-refractivity contribution in [3.05, 3.63) is 17.0 Å². The Kier molecular flexibility index (Phi) is 3.11. The molecule has 1 N–H and O–H groups in total. The summed E-state index contributed by atoms with van der Waals surface area (Å²) in [6, 6.07) is 2.10. The maximum absolute atomic E-state index is 11.9. The van der Waals surface area contributed by atoms with Gasteiger partial charge >= 0.3 is 0 Å². The van der Waals surface area contributed by atoms with Gasteiger partial charge in [-0.3, -0.25) is 9.48 Å². The molecule has 0 unspecified atom stereocenters. The summed E-state index contributed by atoms with van der Waals surface area (Å²) in [5.74, 6) is -0.220. The van der Waals surface area contributed by atoms with Crippen molar-refractivity contribution < 1.29 is 4.79 Å². The molecule has 1 aliphatic rings. The number of nitrogens with zero attached hydrogens (tertiary/aromatic N) is 4. The van der Waals surface area contributed by atoms with E-state index in [0.717, 1.165) is 25.2 Å². The van der Waals surface area contributed by atoms with E-state index < -0.39 is 0 Å². The first kappa shape index (κ1) is 11.6. The minimum absolute atomic E-state index is 0.220. The van der Waals surface area contributed by atoms with Gasteiger partial charge in [0.05, 0.1) is 5.69 Å². The van der Waals surface area contributed by atoms with E-state index in [2.05, 4.69) is 16.5 Å². The van der Waals surface area contributed by atoms with Crippen molar-refractivity contribution in [1.29, 1.82) is 5.26 Å². The van der Waals surface area contributed by atoms with Crippen LogP contribution in [0.4, 0.5) is 0 Å². The van der Waals surface area contributed by atoms with Crippen LogP contribution in [-0.2, 0) is 13.1 Å². The number of carbonyl (C=O) groups is 1. The molecule has 0 aliphatic carbocycles. The molecule has 0 aromatic carbocycles. The topological polar surface area (TPSA) is 74.0 Å². The van der Waals surface area contributed by atoms with Gasteiger partial charge in [0.25, 0.3) is 5.91 Å². The van der Waals surface area contributed by atoms with E-state index in [-0.39, 0.29) is 11.6 Å². The Morgan fingerprint density at radius 1 is 1.59 bits per heavy atom. The first-order chi connectivity index (χ1) is 8.15. The summed E-state index contributed by atoms with van der Waals surface area (Å²) in [7, 11) is 3.32. The standard InChI is InChI=1S/C11H15N5O/c1-15(2)11(17)10-8(6-12)9-7-13-4-3-5-16(9)14-10/h13H,3-5,7H2,1-2H3. The molecule has 1 aromatic rings. The second kappa shape index (κ2) is 4.55. The Bertz CT molecular complexity index is 483. The third-order valence-electron chi connectivity index (χ3n) is 2.79. The van der Waals surface area contributed by atoms with Gasteiger partial charge in [0, 0.05) is 27.2 Å². The molecule has 0 spiro atoms. The monoisotopic (exact) mass is 233 g/mol. The number of aromatic nitrogens is 2. The Hall–Kier alpha value is -1.87. The van der Waals surface area contributed by atoms with Gasteiger partial charge in [0.1, 0.15) is 11.6 Å². The Morgan fingerprint density at radius 3 is 3.00 bits per heavy atom. The number of nitriles is 1. The van der Waals surface area contributed by atoms with Gasteiger partial charge in [-0.05, 0) is 13.0 Å². The smallest absolute Gasteiger partial charge is 0.275 e. The quantitative estimate of drug-likeness (QED) is 0.738. The molecule has 0 fully saturated rings. The SMILES string of the molecule is CN(C)C(=O)c1nn2c(c1C#N)CNCCC2. The first-order valence-electron chi connectivity index (χ1n) is 5.57. The maximum atomic E-state index is 11.9. The lowest BCUT2D eigenvalue weighted by Crippen LogP contribution is -2.23. The number of nitrogens with one attached hydrogen (secondary N) is 1. The summed E-state index contributed by atoms with van der Waals surface area (Å²) < 4.78 is 1.77. The van der Waals surface area contributed by atoms with E-state index in [1.807, 2.05) is 0 Å². The minimum Gasteiger partial charge on any atom is -0.343 e. The molecule has 17 heavy (non-hydrogen) atoms. The van der Waals surface area contributed by atoms with Crippen LogP contribution in [-0.4, -0.2) is 41.2 Å². The van der Waals surface area contributed by atoms with Gasteiger partial charge in [0.2, 0.25) is 0 Å². The zero-order valence-electron chi connectivity index (χ0n) is 10.0. The predicted molar refractivity (Wildman–Crippen MR) is 61.3 cm³/mol. The van der Waals surface area contributed by atoms with E-state index >= 15 is 0 Å². The van der Waals surface area contributed by atoms with Crippen LogP contribution in [0.5, 0.6) is 0 Å². The summed E-state index contributed by atoms with van der Waals surface area (Å²) in [4.78, 5) is 13.3. The van der Waals surface area contributed by atoms with Crippen molar-refractivity contribution in [2.75, 3.05) is 20.6 Å². The fraction of sp³-hybridized carbons (Fsp3) is 0.545. The van der Waals surface area contributed by atoms with Crippen LogP contribution in [0.2, 0.25) is 0 Å². The van der Waals surface area contributed by atoms with Gasteiger partial charge in [0.15, 0.2) is 5.69 Å². The zero-order chi connectivity index (χ0) is 12.4. The highest BCUT2D eigenvalue weighted by molar-refractivity contribution is 5.94. The van der Waals surface area contributed by atoms with Crippen LogP contribution in [0.3, 0.4) is 0 Å². The average molecular weight is 233 g/mol. The number of hydrogen-bond donors (Lipinski definition) is 1. The highest BCUT2D eigenvalue weighted by Gasteiger charge is 2.24. The number of fused-ring (bicyclic) bond motifs is 1. The molecular formula is C11H15N5O. The van der Waals surface area contributed by atoms with Crippen LogP contribution in [0.25, 0.3) is 0 Å². The molecule has 1 aromatic heterocycles. The van der Waals surface area contributed by atoms with E-state index in [9.17, 15) is 10.1 Å². The van der Waals surface area contributed by atoms with E-state index in [1.54, 1.807) is 18.8 Å². The summed E-state index contributed by atoms with van der Waals surface area (Å²) in [5.41, 5.74) is 1.48. The van der Waals surface area contributed by atoms with Crippen LogP contribution in [0.1, 0.15) is 28.2 Å². The number of aryl methyl sites for hydroxylation is 1. The van der Waals surface area contributed by atoms with Crippen LogP contribution in [0.15, 0.2) is 0 Å². The van der Waals surface area contributed by atoms with Gasteiger partial charge in [-0.25, -0.2) is 0 Å². The van der Waals surface area contributed by atoms with Gasteiger partial charge in [-0.1, -0.05) is 0 Å². The Balaban J connectivity index is 2.48. The molecule has 1 amide bonds. The average Bonchev–Trinajstić information content (AvgIpc) is 2.49. The molecule has 1 aliphatic heterocycles. The second-order valence-electron chi connectivity index (χ2n) is 4.24. The van der Waals surface area contributed by atoms with Gasteiger partial charge < -0.3 is 10.2 Å². The zero-order valence-corrected chi connectivity index (χ0v) is 10.0. The van der Waals surface area contributed by atoms with Crippen LogP contribution < -0.4 is 5.32 Å². The van der Waals surface area contributed by atoms with Crippen molar-refractivity contribution in [1.82, 2.24) is 20.0 Å². The van der Waals surface area contributed by atoms with Crippen molar-refractivity contribution in [3.63, 3.8) is 0 Å². The summed E-state index contributed by atoms with van der Waals surface area (Å²) >= 11 is 0. The highest BCUT2D eigenvalue weighted by atomic mass is 16.2. The molecule has 0 saturated carbocycles. The van der Waals surface area contributed by atoms with Crippen molar-refractivity contribution >= 4 is 5.91 Å². The van der Waals surface area contributed by atoms with Crippen LogP contribution >= 0.6 is 0 Å². The lowest BCUT2D eigenvalue weighted by molar-refractivity contribution is 0.0820. The normalized spacial score (nSPS) is 14.6. The first-order valence-corrected chi connectivity index (χ1v) is 5.57. The summed E-state index contributed by atoms with van der Waals surface area (Å²) in [6.45, 7) is 2.25. The molecule has 0 bridgehead atoms. The molecule has 0 saturated heterocycles. The Morgan fingerprint density at radius 2 is 2.35 bits per heavy atom. The second-order valence-corrected chi connectivity index (χ2v) is 4.24. The minimum atomic E-state index is -0.220. The number of amides is 1. The highest BCUT2D eigenvalue weighted by Crippen LogP contribution is 2.17. The number of hydrogen-bond acceptors (Lipinski definition) is 4. The van der Waals surface area contributed by atoms with Crippen molar-refractivity contribution in [2.24, 2.45) is 0 Å². The fourth-order valence-corrected chi connectivity index (χ4v) is 1.90. The molecule has 0 atom stereocenters. The van der Waals surface area contributed by atoms with E-state index in [4.69, 9.17) is 0 Å². The van der Waals surface area contributed by atoms with Crippen molar-refractivity contribution in [3.8, 4) is 6.07 Å². The molecule has 90 valence electrons. The fourth-order valence-electron chi connectivity index (χ4n) is 1.90. The molecule has 2 rings (SSSR count). The largest absolute Gasteiger partial charge is 0.343 e. The van der Waals surface area contributed by atoms with Gasteiger partial charge in [-0.15, -0.1) is 0 Å². The van der Waals surface area contributed by atoms with Gasteiger partial charge in [-0.2, -0.15) is 10.4 Å². The summed E-state index contributed by atoms with van der Waals surface area (Å²) in [6.07, 6.45) is 0.954. The number of rotatable bonds is 1. The summed E-state index contributed by atoms with van der Waals surface area (Å²) in [5, 5.41) is 16.7. The molecule has 6 nitrogen and oxygen atoms in total. The van der Waals surface area contributed by atoms with Crippen LogP contribution in [0, 0.1) is 11.3 Å².